The lowest BCUT2D eigenvalue weighted by Crippen LogP contribution is -2.78. The molecule has 0 spiro atoms. The number of carbonyl (C=O) groups is 3. The summed E-state index contributed by atoms with van der Waals surface area (Å²) in [7, 11) is 0. The van der Waals surface area contributed by atoms with Crippen LogP contribution in [0.1, 0.15) is 30.4 Å². The number of hydrogen-bond donors (Lipinski definition) is 13. The lowest BCUT2D eigenvalue weighted by atomic mass is 9.72. The van der Waals surface area contributed by atoms with E-state index in [9.17, 15) is 75.7 Å². The maximum Gasteiger partial charge on any atom is 0.410 e. The molecule has 0 bridgehead atoms. The van der Waals surface area contributed by atoms with Crippen LogP contribution < -0.4 is 5.73 Å². The first-order valence-corrected chi connectivity index (χ1v) is 20.1. The molecule has 0 aliphatic carbocycles. The molecule has 352 valence electrons. The molecular formula is C40H56N2O21. The molecule has 2 aromatic rings. The molecule has 3 aliphatic rings. The Kier molecular flexibility index (Phi) is 17.7. The van der Waals surface area contributed by atoms with E-state index in [0.717, 1.165) is 4.90 Å². The van der Waals surface area contributed by atoms with Gasteiger partial charge in [-0.3, -0.25) is 9.69 Å². The number of rotatable bonds is 18. The number of nitrogens with two attached hydrogens (primary N) is 1. The first-order valence-electron chi connectivity index (χ1n) is 20.1. The molecule has 0 aromatic heterocycles. The summed E-state index contributed by atoms with van der Waals surface area (Å²) in [6, 6.07) is 15.2. The molecule has 23 nitrogen and oxygen atoms in total. The van der Waals surface area contributed by atoms with Crippen molar-refractivity contribution in [2.45, 2.75) is 136 Å². The van der Waals surface area contributed by atoms with Crippen molar-refractivity contribution in [3.63, 3.8) is 0 Å². The summed E-state index contributed by atoms with van der Waals surface area (Å²) in [5, 5.41) is 130. The average Bonchev–Trinajstić information content (AvgIpc) is 3.28. The molecule has 3 saturated heterocycles. The smallest absolute Gasteiger partial charge is 0.410 e. The molecule has 14 N–H and O–H groups in total. The van der Waals surface area contributed by atoms with E-state index in [2.05, 4.69) is 0 Å². The molecule has 1 unspecified atom stereocenters. The van der Waals surface area contributed by atoms with E-state index in [1.54, 1.807) is 60.7 Å². The summed E-state index contributed by atoms with van der Waals surface area (Å²) >= 11 is 0. The van der Waals surface area contributed by atoms with Gasteiger partial charge in [0, 0.05) is 13.0 Å². The fraction of sp³-hybridized carbons (Fsp3) is 0.625. The van der Waals surface area contributed by atoms with Crippen molar-refractivity contribution >= 4 is 18.0 Å². The van der Waals surface area contributed by atoms with E-state index in [0.29, 0.717) is 11.1 Å². The second-order valence-corrected chi connectivity index (χ2v) is 15.5. The van der Waals surface area contributed by atoms with E-state index in [1.165, 1.54) is 0 Å². The number of benzene rings is 2. The molecule has 17 atom stereocenters. The number of nitrogens with zero attached hydrogens (tertiary/aromatic N) is 1. The number of aliphatic hydroxyl groups is 12. The van der Waals surface area contributed by atoms with Gasteiger partial charge in [-0.1, -0.05) is 60.7 Å². The maximum absolute atomic E-state index is 14.0. The molecule has 2 aromatic carbocycles. The van der Waals surface area contributed by atoms with Crippen LogP contribution in [0.15, 0.2) is 60.7 Å². The summed E-state index contributed by atoms with van der Waals surface area (Å²) in [4.78, 5) is 40.6. The highest BCUT2D eigenvalue weighted by Gasteiger charge is 2.65. The van der Waals surface area contributed by atoms with Crippen molar-refractivity contribution in [3.8, 4) is 0 Å². The lowest BCUT2D eigenvalue weighted by molar-refractivity contribution is -0.383. The normalized spacial score (nSPS) is 35.6. The monoisotopic (exact) mass is 900 g/mol. The van der Waals surface area contributed by atoms with Crippen LogP contribution in [-0.2, 0) is 51.2 Å². The summed E-state index contributed by atoms with van der Waals surface area (Å²) < 4.78 is 33.1. The first kappa shape index (κ1) is 50.0. The molecule has 3 aliphatic heterocycles. The van der Waals surface area contributed by atoms with Gasteiger partial charge in [0.15, 0.2) is 18.2 Å². The number of aliphatic hydroxyl groups excluding tert-OH is 11. The minimum absolute atomic E-state index is 0.262. The molecule has 0 radical (unpaired) electrons. The molecule has 2 amide bonds. The van der Waals surface area contributed by atoms with Crippen molar-refractivity contribution in [2.75, 3.05) is 19.8 Å². The predicted molar refractivity (Wildman–Crippen MR) is 207 cm³/mol. The summed E-state index contributed by atoms with van der Waals surface area (Å²) in [6.45, 7) is -3.15. The number of esters is 1. The third kappa shape index (κ3) is 11.5. The van der Waals surface area contributed by atoms with Gasteiger partial charge in [-0.15, -0.1) is 0 Å². The second kappa shape index (κ2) is 22.3. The van der Waals surface area contributed by atoms with Crippen molar-refractivity contribution in [1.82, 2.24) is 4.90 Å². The standard InChI is InChI=1S/C40H56N2O21/c41-25(45)12-11-21(36(54)58-17-19-7-3-1-4-8-19)42(39(56)59-18-20-9-5-2-6-10-20)14-13-22-33(52)40(57,35-30(50)28(48)26(46)23(15-43)61-35)34(53)32(60-22)37(55)63-38-31(51)29(49)27(47)24(16-44)62-38/h1-10,21-24,26-35,37-38,43-44,46-53,55,57H,11-18H2,(H2,41,45)/t21-,22+,23+,24+,26+,27+,28-,29-,30-,31-,32-,33+,34+,35-,37?,38+,40+/m0/s1. The molecule has 5 rings (SSSR count). The number of primary amides is 1. The highest BCUT2D eigenvalue weighted by atomic mass is 16.8. The zero-order chi connectivity index (χ0) is 46.2. The molecule has 3 heterocycles. The number of ether oxygens (including phenoxy) is 6. The van der Waals surface area contributed by atoms with Gasteiger partial charge in [-0.2, -0.15) is 0 Å². The Morgan fingerprint density at radius 1 is 0.698 bits per heavy atom. The zero-order valence-corrected chi connectivity index (χ0v) is 33.7. The van der Waals surface area contributed by atoms with Gasteiger partial charge in [-0.25, -0.2) is 9.59 Å². The Balaban J connectivity index is 1.49. The summed E-state index contributed by atoms with van der Waals surface area (Å²) in [6.07, 6.45) is -34.4. The van der Waals surface area contributed by atoms with Gasteiger partial charge in [-0.05, 0) is 24.0 Å². The van der Waals surface area contributed by atoms with E-state index in [4.69, 9.17) is 34.2 Å². The number of amides is 2. The van der Waals surface area contributed by atoms with Gasteiger partial charge >= 0.3 is 12.1 Å². The van der Waals surface area contributed by atoms with E-state index < -0.39 is 161 Å². The number of carbonyl (C=O) groups excluding carboxylic acids is 3. The van der Waals surface area contributed by atoms with Gasteiger partial charge in [0.05, 0.1) is 19.3 Å². The van der Waals surface area contributed by atoms with Crippen molar-refractivity contribution in [2.24, 2.45) is 5.73 Å². The summed E-state index contributed by atoms with van der Waals surface area (Å²) in [5.74, 6) is -1.87. The SMILES string of the molecule is NC(=O)CC[C@@H](C(=O)OCc1ccccc1)N(CC[C@H]1O[C@H](C(O)O[C@H]2O[C@H](CO)[C@@H](O)[C@H](O)[C@@H]2O)[C@@H](O)[C@@](O)([C@H]2O[C@H](CO)[C@@H](O)[C@H](O)[C@@H]2O)[C@@H]1O)C(=O)OCc1ccccc1. The highest BCUT2D eigenvalue weighted by Crippen LogP contribution is 2.41. The topological polar surface area (TPSA) is 379 Å². The van der Waals surface area contributed by atoms with Gasteiger partial charge in [0.25, 0.3) is 0 Å². The largest absolute Gasteiger partial charge is 0.459 e. The highest BCUT2D eigenvalue weighted by molar-refractivity contribution is 5.82. The predicted octanol–water partition coefficient (Wildman–Crippen LogP) is -5.41. The molecule has 0 saturated carbocycles. The van der Waals surface area contributed by atoms with Crippen molar-refractivity contribution < 1.29 is 104 Å². The Bertz CT molecular complexity index is 1760. The van der Waals surface area contributed by atoms with Crippen LogP contribution >= 0.6 is 0 Å². The van der Waals surface area contributed by atoms with Gasteiger partial charge in [0.2, 0.25) is 5.91 Å². The minimum Gasteiger partial charge on any atom is -0.459 e. The Morgan fingerprint density at radius 3 is 1.79 bits per heavy atom. The number of hydrogen-bond acceptors (Lipinski definition) is 21. The average molecular weight is 901 g/mol. The van der Waals surface area contributed by atoms with Gasteiger partial charge < -0.3 is 95.4 Å². The van der Waals surface area contributed by atoms with E-state index in [-0.39, 0.29) is 13.2 Å². The molecule has 3 fully saturated rings. The third-order valence-corrected chi connectivity index (χ3v) is 11.3. The van der Waals surface area contributed by atoms with Crippen LogP contribution in [-0.4, -0.2) is 207 Å². The van der Waals surface area contributed by atoms with Gasteiger partial charge in [0.1, 0.15) is 92.5 Å². The lowest BCUT2D eigenvalue weighted by Gasteiger charge is -2.55. The fourth-order valence-corrected chi connectivity index (χ4v) is 7.70. The van der Waals surface area contributed by atoms with Crippen LogP contribution in [0.3, 0.4) is 0 Å². The van der Waals surface area contributed by atoms with Crippen molar-refractivity contribution in [3.05, 3.63) is 71.8 Å². The first-order chi connectivity index (χ1) is 29.9. The zero-order valence-electron chi connectivity index (χ0n) is 33.7. The van der Waals surface area contributed by atoms with Crippen LogP contribution in [0.25, 0.3) is 0 Å². The van der Waals surface area contributed by atoms with Crippen LogP contribution in [0.5, 0.6) is 0 Å². The molecule has 63 heavy (non-hydrogen) atoms. The van der Waals surface area contributed by atoms with Crippen LogP contribution in [0, 0.1) is 0 Å². The van der Waals surface area contributed by atoms with Crippen molar-refractivity contribution in [1.29, 1.82) is 0 Å². The molecule has 23 heteroatoms. The minimum atomic E-state index is -3.25. The van der Waals surface area contributed by atoms with Crippen LogP contribution in [0.4, 0.5) is 4.79 Å². The summed E-state index contributed by atoms with van der Waals surface area (Å²) in [5.41, 5.74) is 3.28. The van der Waals surface area contributed by atoms with E-state index in [1.807, 2.05) is 0 Å². The van der Waals surface area contributed by atoms with E-state index >= 15 is 0 Å². The Labute approximate surface area is 359 Å². The Morgan fingerprint density at radius 2 is 1.24 bits per heavy atom. The van der Waals surface area contributed by atoms with Crippen LogP contribution in [0.2, 0.25) is 0 Å². The third-order valence-electron chi connectivity index (χ3n) is 11.3. The quantitative estimate of drug-likeness (QED) is 0.0490. The second-order valence-electron chi connectivity index (χ2n) is 15.5. The maximum atomic E-state index is 14.0. The fourth-order valence-electron chi connectivity index (χ4n) is 7.70. The molecular weight excluding hydrogens is 844 g/mol. The Hall–Kier alpha value is -3.99.